The summed E-state index contributed by atoms with van der Waals surface area (Å²) in [6, 6.07) is 13.0. The second-order valence-corrected chi connectivity index (χ2v) is 13.1. The number of benzene rings is 2. The first kappa shape index (κ1) is 34.3. The maximum atomic E-state index is 13.2. The number of sulfonamides is 1. The summed E-state index contributed by atoms with van der Waals surface area (Å²) in [5.41, 5.74) is 2.26. The fourth-order valence-electron chi connectivity index (χ4n) is 5.28. The minimum absolute atomic E-state index is 0.0477. The average molecular weight is 670 g/mol. The van der Waals surface area contributed by atoms with Crippen LogP contribution in [0.2, 0.25) is 0 Å². The molecule has 4 aromatic rings. The summed E-state index contributed by atoms with van der Waals surface area (Å²) in [4.78, 5) is 4.70. The predicted octanol–water partition coefficient (Wildman–Crippen LogP) is 0.881. The molecule has 0 saturated carbocycles. The number of rotatable bonds is 12. The molecule has 252 valence electrons. The maximum Gasteiger partial charge on any atom is 0.243 e. The Balaban J connectivity index is 1.33. The van der Waals surface area contributed by atoms with Gasteiger partial charge in [0.2, 0.25) is 16.3 Å². The van der Waals surface area contributed by atoms with E-state index in [4.69, 9.17) is 14.9 Å². The van der Waals surface area contributed by atoms with Gasteiger partial charge in [0.05, 0.1) is 34.5 Å². The third kappa shape index (κ3) is 6.99. The quantitative estimate of drug-likeness (QED) is 0.135. The molecule has 15 nitrogen and oxygen atoms in total. The van der Waals surface area contributed by atoms with E-state index in [0.29, 0.717) is 46.8 Å². The van der Waals surface area contributed by atoms with Crippen molar-refractivity contribution in [1.82, 2.24) is 23.7 Å². The second kappa shape index (κ2) is 14.4. The summed E-state index contributed by atoms with van der Waals surface area (Å²) < 4.78 is 41.7. The Hall–Kier alpha value is -4.03. The highest BCUT2D eigenvalue weighted by Gasteiger charge is 2.44. The molecule has 1 saturated heterocycles. The molecule has 2 aromatic heterocycles. The zero-order valence-electron chi connectivity index (χ0n) is 26.2. The zero-order chi connectivity index (χ0) is 33.9. The molecule has 5 unspecified atom stereocenters. The molecule has 0 radical (unpaired) electrons. The van der Waals surface area contributed by atoms with Gasteiger partial charge in [-0.3, -0.25) is 5.41 Å². The van der Waals surface area contributed by atoms with Crippen LogP contribution in [0.4, 0.5) is 0 Å². The van der Waals surface area contributed by atoms with Crippen molar-refractivity contribution in [1.29, 1.82) is 5.41 Å². The van der Waals surface area contributed by atoms with Gasteiger partial charge < -0.3 is 29.9 Å². The number of nitrogens with zero attached hydrogens (tertiary/aromatic N) is 6. The second-order valence-electron chi connectivity index (χ2n) is 11.2. The molecule has 0 spiro atoms. The molecule has 5 rings (SSSR count). The lowest BCUT2D eigenvalue weighted by Crippen LogP contribution is -2.60. The van der Waals surface area contributed by atoms with Gasteiger partial charge in [-0.15, -0.1) is 0 Å². The van der Waals surface area contributed by atoms with Crippen LogP contribution in [0.15, 0.2) is 64.9 Å². The Kier molecular flexibility index (Phi) is 10.5. The maximum absolute atomic E-state index is 13.2. The van der Waals surface area contributed by atoms with Crippen LogP contribution in [-0.4, -0.2) is 109 Å². The molecule has 1 fully saturated rings. The highest BCUT2D eigenvalue weighted by molar-refractivity contribution is 7.89. The van der Waals surface area contributed by atoms with Gasteiger partial charge >= 0.3 is 0 Å². The lowest BCUT2D eigenvalue weighted by Gasteiger charge is -2.39. The van der Waals surface area contributed by atoms with Crippen LogP contribution in [0.25, 0.3) is 16.7 Å². The number of fused-ring (bicyclic) bond motifs is 1. The Morgan fingerprint density at radius 1 is 1.02 bits per heavy atom. The van der Waals surface area contributed by atoms with Gasteiger partial charge in [0, 0.05) is 13.1 Å². The Morgan fingerprint density at radius 2 is 1.68 bits per heavy atom. The monoisotopic (exact) mass is 669 g/mol. The standard InChI is InChI=1S/C31H39N7O8S/c1-4-14-36(15-5-2)47(43,44)23-12-8-21(9-13-23)38-30-25(19(3)35-38)29(32)37(18-33-30)34-16-20-6-10-22(11-7-20)45-31-28(42)27(41)26(40)24(17-39)46-31/h6-13,16,18,24,26-28,31-32,39-42H,4-5,14-15,17H2,1-3H3/b32-29?,34-16-. The summed E-state index contributed by atoms with van der Waals surface area (Å²) in [7, 11) is -3.63. The molecule has 3 heterocycles. The molecular weight excluding hydrogens is 630 g/mol. The largest absolute Gasteiger partial charge is 0.462 e. The third-order valence-electron chi connectivity index (χ3n) is 7.77. The van der Waals surface area contributed by atoms with Gasteiger partial charge in [0.1, 0.15) is 36.5 Å². The molecule has 0 aliphatic carbocycles. The van der Waals surface area contributed by atoms with Crippen molar-refractivity contribution in [3.05, 3.63) is 71.6 Å². The molecule has 47 heavy (non-hydrogen) atoms. The first-order valence-corrected chi connectivity index (χ1v) is 16.7. The lowest BCUT2D eigenvalue weighted by molar-refractivity contribution is -0.277. The highest BCUT2D eigenvalue weighted by Crippen LogP contribution is 2.25. The number of nitrogens with one attached hydrogen (secondary N) is 1. The van der Waals surface area contributed by atoms with E-state index < -0.39 is 47.3 Å². The van der Waals surface area contributed by atoms with Crippen LogP contribution >= 0.6 is 0 Å². The number of aryl methyl sites for hydroxylation is 1. The van der Waals surface area contributed by atoms with Crippen molar-refractivity contribution >= 4 is 27.3 Å². The predicted molar refractivity (Wildman–Crippen MR) is 171 cm³/mol. The van der Waals surface area contributed by atoms with Gasteiger partial charge in [0.15, 0.2) is 11.1 Å². The molecule has 16 heteroatoms. The first-order chi connectivity index (χ1) is 22.5. The summed E-state index contributed by atoms with van der Waals surface area (Å²) in [5, 5.41) is 57.7. The fourth-order valence-corrected chi connectivity index (χ4v) is 6.90. The van der Waals surface area contributed by atoms with E-state index in [0.717, 1.165) is 12.8 Å². The van der Waals surface area contributed by atoms with Crippen molar-refractivity contribution in [2.45, 2.75) is 69.2 Å². The fraction of sp³-hybridized carbons (Fsp3) is 0.419. The number of aromatic nitrogens is 4. The zero-order valence-corrected chi connectivity index (χ0v) is 27.0. The number of aliphatic hydroxyl groups excluding tert-OH is 4. The van der Waals surface area contributed by atoms with Crippen molar-refractivity contribution < 1.29 is 38.3 Å². The molecule has 1 aliphatic rings. The summed E-state index contributed by atoms with van der Waals surface area (Å²) in [5.74, 6) is 0.302. The first-order valence-electron chi connectivity index (χ1n) is 15.2. The Bertz CT molecular complexity index is 1870. The normalized spacial score (nSPS) is 22.0. The van der Waals surface area contributed by atoms with Crippen molar-refractivity contribution in [3.63, 3.8) is 0 Å². The molecule has 0 amide bonds. The van der Waals surface area contributed by atoms with Gasteiger partial charge in [-0.1, -0.05) is 13.8 Å². The van der Waals surface area contributed by atoms with Crippen molar-refractivity contribution in [2.75, 3.05) is 19.7 Å². The molecule has 2 aromatic carbocycles. The molecular formula is C31H39N7O8S. The van der Waals surface area contributed by atoms with E-state index in [1.165, 1.54) is 21.5 Å². The van der Waals surface area contributed by atoms with Crippen molar-refractivity contribution in [2.24, 2.45) is 5.10 Å². The summed E-state index contributed by atoms with van der Waals surface area (Å²) in [6.07, 6.45) is -2.60. The number of hydrogen-bond acceptors (Lipinski definition) is 12. The van der Waals surface area contributed by atoms with Gasteiger partial charge in [-0.25, -0.2) is 22.8 Å². The van der Waals surface area contributed by atoms with Crippen LogP contribution < -0.4 is 10.2 Å². The van der Waals surface area contributed by atoms with Crippen LogP contribution in [0.5, 0.6) is 5.75 Å². The molecule has 5 N–H and O–H groups in total. The Labute approximate surface area is 271 Å². The van der Waals surface area contributed by atoms with Crippen LogP contribution in [-0.2, 0) is 14.8 Å². The third-order valence-corrected chi connectivity index (χ3v) is 9.68. The smallest absolute Gasteiger partial charge is 0.243 e. The number of hydrogen-bond donors (Lipinski definition) is 5. The SMILES string of the molecule is CCCN(CCC)S(=O)(=O)c1ccc(-n2nc(C)c3c(=N)n(/N=C\c4ccc(OC5OC(CO)C(O)C(O)C5O)cc4)cnc32)cc1. The van der Waals surface area contributed by atoms with E-state index >= 15 is 0 Å². The summed E-state index contributed by atoms with van der Waals surface area (Å²) >= 11 is 0. The van der Waals surface area contributed by atoms with Gasteiger partial charge in [-0.2, -0.15) is 14.5 Å². The Morgan fingerprint density at radius 3 is 2.30 bits per heavy atom. The van der Waals surface area contributed by atoms with Gasteiger partial charge in [-0.05, 0) is 73.9 Å². The lowest BCUT2D eigenvalue weighted by atomic mass is 9.99. The van der Waals surface area contributed by atoms with E-state index in [9.17, 15) is 28.8 Å². The van der Waals surface area contributed by atoms with Gasteiger partial charge in [0.25, 0.3) is 0 Å². The van der Waals surface area contributed by atoms with Crippen molar-refractivity contribution in [3.8, 4) is 11.4 Å². The topological polar surface area (TPSA) is 209 Å². The number of ether oxygens (including phenoxy) is 2. The molecule has 0 bridgehead atoms. The minimum atomic E-state index is -3.63. The highest BCUT2D eigenvalue weighted by atomic mass is 32.2. The van der Waals surface area contributed by atoms with E-state index in [1.807, 2.05) is 13.8 Å². The minimum Gasteiger partial charge on any atom is -0.462 e. The molecule has 1 aliphatic heterocycles. The van der Waals surface area contributed by atoms with E-state index in [2.05, 4.69) is 15.2 Å². The molecule has 5 atom stereocenters. The van der Waals surface area contributed by atoms with Crippen LogP contribution in [0, 0.1) is 12.3 Å². The van der Waals surface area contributed by atoms with Crippen LogP contribution in [0.1, 0.15) is 37.9 Å². The van der Waals surface area contributed by atoms with E-state index in [1.54, 1.807) is 60.1 Å². The van der Waals surface area contributed by atoms with Crippen LogP contribution in [0.3, 0.4) is 0 Å². The average Bonchev–Trinajstić information content (AvgIpc) is 3.41. The number of aliphatic hydroxyl groups is 4. The summed E-state index contributed by atoms with van der Waals surface area (Å²) in [6.45, 7) is 5.98. The van der Waals surface area contributed by atoms with E-state index in [-0.39, 0.29) is 10.4 Å².